The molecule has 268 valence electrons. The topological polar surface area (TPSA) is 22.8 Å². The van der Waals surface area contributed by atoms with Gasteiger partial charge in [-0.1, -0.05) is 145 Å². The van der Waals surface area contributed by atoms with Gasteiger partial charge < -0.3 is 9.13 Å². The van der Waals surface area contributed by atoms with Crippen LogP contribution < -0.4 is 0 Å². The van der Waals surface area contributed by atoms with Crippen LogP contribution in [-0.2, 0) is 0 Å². The van der Waals surface area contributed by atoms with Gasteiger partial charge in [0.1, 0.15) is 0 Å². The summed E-state index contributed by atoms with van der Waals surface area (Å²) in [5.41, 5.74) is 17.2. The standard InChI is InChI=1S/C54H37N3/c1-36-20-26-43(27-21-36)57-51-18-10-8-16-45(51)47-30-24-41(35-54(47)57)40-25-31-53-48(32-40)46-17-9-11-19-52(46)56(53)44-28-22-37(23-29-44)42-33-49(38-12-4-2-5-13-38)55-50(34-42)39-14-6-3-7-15-39/h2-35H,1H3. The third-order valence-electron chi connectivity index (χ3n) is 11.4. The molecule has 0 fully saturated rings. The van der Waals surface area contributed by atoms with Crippen LogP contribution in [0.5, 0.6) is 0 Å². The molecule has 0 N–H and O–H groups in total. The molecule has 0 amide bonds. The summed E-state index contributed by atoms with van der Waals surface area (Å²) in [5.74, 6) is 0. The predicted octanol–water partition coefficient (Wildman–Crippen LogP) is 14.3. The highest BCUT2D eigenvalue weighted by atomic mass is 15.0. The van der Waals surface area contributed by atoms with Gasteiger partial charge in [0.05, 0.1) is 33.5 Å². The van der Waals surface area contributed by atoms with Crippen LogP contribution in [0.15, 0.2) is 206 Å². The van der Waals surface area contributed by atoms with E-state index in [0.29, 0.717) is 0 Å². The summed E-state index contributed by atoms with van der Waals surface area (Å²) in [6.45, 7) is 2.14. The number of nitrogens with zero attached hydrogens (tertiary/aromatic N) is 3. The summed E-state index contributed by atoms with van der Waals surface area (Å²) in [7, 11) is 0. The minimum absolute atomic E-state index is 0.963. The molecule has 57 heavy (non-hydrogen) atoms. The van der Waals surface area contributed by atoms with Gasteiger partial charge in [0, 0.05) is 44.0 Å². The fourth-order valence-electron chi connectivity index (χ4n) is 8.57. The van der Waals surface area contributed by atoms with Gasteiger partial charge in [0.15, 0.2) is 0 Å². The Morgan fingerprint density at radius 2 is 0.754 bits per heavy atom. The molecule has 0 aliphatic heterocycles. The van der Waals surface area contributed by atoms with Gasteiger partial charge in [0.2, 0.25) is 0 Å². The predicted molar refractivity (Wildman–Crippen MR) is 239 cm³/mol. The Hall–Kier alpha value is -7.49. The van der Waals surface area contributed by atoms with E-state index in [1.165, 1.54) is 66.0 Å². The highest BCUT2D eigenvalue weighted by Crippen LogP contribution is 2.39. The molecule has 0 aliphatic carbocycles. The lowest BCUT2D eigenvalue weighted by Gasteiger charge is -2.12. The number of para-hydroxylation sites is 2. The minimum atomic E-state index is 0.963. The number of fused-ring (bicyclic) bond motifs is 6. The van der Waals surface area contributed by atoms with Crippen molar-refractivity contribution in [2.24, 2.45) is 0 Å². The van der Waals surface area contributed by atoms with Crippen LogP contribution in [0.1, 0.15) is 5.56 Å². The lowest BCUT2D eigenvalue weighted by atomic mass is 9.99. The Kier molecular flexibility index (Phi) is 7.71. The normalized spacial score (nSPS) is 11.6. The average molecular weight is 728 g/mol. The van der Waals surface area contributed by atoms with Crippen LogP contribution in [-0.4, -0.2) is 14.1 Å². The maximum Gasteiger partial charge on any atom is 0.0715 e. The first-order valence-electron chi connectivity index (χ1n) is 19.5. The molecule has 0 atom stereocenters. The van der Waals surface area contributed by atoms with E-state index in [9.17, 15) is 0 Å². The summed E-state index contributed by atoms with van der Waals surface area (Å²) in [4.78, 5) is 5.10. The molecule has 3 aromatic heterocycles. The van der Waals surface area contributed by atoms with Gasteiger partial charge in [-0.25, -0.2) is 4.98 Å². The van der Waals surface area contributed by atoms with Gasteiger partial charge in [-0.3, -0.25) is 0 Å². The quantitative estimate of drug-likeness (QED) is 0.167. The maximum absolute atomic E-state index is 5.10. The first-order chi connectivity index (χ1) is 28.2. The lowest BCUT2D eigenvalue weighted by molar-refractivity contribution is 1.17. The van der Waals surface area contributed by atoms with E-state index in [-0.39, 0.29) is 0 Å². The number of aryl methyl sites for hydroxylation is 1. The highest BCUT2D eigenvalue weighted by molar-refractivity contribution is 6.12. The lowest BCUT2D eigenvalue weighted by Crippen LogP contribution is -1.95. The van der Waals surface area contributed by atoms with Crippen molar-refractivity contribution in [3.63, 3.8) is 0 Å². The highest BCUT2D eigenvalue weighted by Gasteiger charge is 2.17. The summed E-state index contributed by atoms with van der Waals surface area (Å²) in [6, 6.07) is 74.5. The molecule has 3 heteroatoms. The SMILES string of the molecule is Cc1ccc(-n2c3ccccc3c3ccc(-c4ccc5c(c4)c4ccccc4n5-c4ccc(-c5cc(-c6ccccc6)nc(-c6ccccc6)c5)cc4)cc32)cc1. The molecule has 0 saturated carbocycles. The smallest absolute Gasteiger partial charge is 0.0715 e. The van der Waals surface area contributed by atoms with Crippen LogP contribution in [0.2, 0.25) is 0 Å². The third-order valence-corrected chi connectivity index (χ3v) is 11.4. The second kappa shape index (κ2) is 13.4. The van der Waals surface area contributed by atoms with Crippen molar-refractivity contribution in [3.8, 4) is 56.1 Å². The maximum atomic E-state index is 5.10. The van der Waals surface area contributed by atoms with E-state index < -0.39 is 0 Å². The average Bonchev–Trinajstić information content (AvgIpc) is 3.79. The molecule has 0 bridgehead atoms. The van der Waals surface area contributed by atoms with E-state index in [4.69, 9.17) is 4.98 Å². The second-order valence-corrected chi connectivity index (χ2v) is 14.9. The Bertz CT molecular complexity index is 3200. The monoisotopic (exact) mass is 727 g/mol. The number of rotatable bonds is 6. The number of benzene rings is 8. The molecular weight excluding hydrogens is 691 g/mol. The number of hydrogen-bond donors (Lipinski definition) is 0. The van der Waals surface area contributed by atoms with Crippen LogP contribution in [0.25, 0.3) is 99.8 Å². The Morgan fingerprint density at radius 1 is 0.298 bits per heavy atom. The second-order valence-electron chi connectivity index (χ2n) is 14.9. The molecule has 0 saturated heterocycles. The summed E-state index contributed by atoms with van der Waals surface area (Å²) in [6.07, 6.45) is 0. The zero-order chi connectivity index (χ0) is 37.9. The third kappa shape index (κ3) is 5.63. The molecule has 3 nitrogen and oxygen atoms in total. The van der Waals surface area contributed by atoms with E-state index in [0.717, 1.165) is 39.3 Å². The van der Waals surface area contributed by atoms with Gasteiger partial charge in [-0.05, 0) is 95.9 Å². The zero-order valence-corrected chi connectivity index (χ0v) is 31.5. The van der Waals surface area contributed by atoms with E-state index in [1.54, 1.807) is 0 Å². The molecular formula is C54H37N3. The molecule has 0 unspecified atom stereocenters. The fourth-order valence-corrected chi connectivity index (χ4v) is 8.57. The molecule has 11 rings (SSSR count). The van der Waals surface area contributed by atoms with Crippen molar-refractivity contribution in [1.29, 1.82) is 0 Å². The largest absolute Gasteiger partial charge is 0.309 e. The van der Waals surface area contributed by atoms with Gasteiger partial charge in [-0.2, -0.15) is 0 Å². The Balaban J connectivity index is 1.01. The van der Waals surface area contributed by atoms with Crippen molar-refractivity contribution >= 4 is 43.6 Å². The summed E-state index contributed by atoms with van der Waals surface area (Å²) >= 11 is 0. The van der Waals surface area contributed by atoms with Crippen molar-refractivity contribution in [2.45, 2.75) is 6.92 Å². The van der Waals surface area contributed by atoms with Crippen LogP contribution in [0.3, 0.4) is 0 Å². The van der Waals surface area contributed by atoms with Crippen molar-refractivity contribution in [1.82, 2.24) is 14.1 Å². The van der Waals surface area contributed by atoms with E-state index in [2.05, 4.69) is 210 Å². The molecule has 11 aromatic rings. The molecule has 0 radical (unpaired) electrons. The molecule has 8 aromatic carbocycles. The van der Waals surface area contributed by atoms with Crippen LogP contribution in [0, 0.1) is 6.92 Å². The van der Waals surface area contributed by atoms with Gasteiger partial charge in [0.25, 0.3) is 0 Å². The molecule has 3 heterocycles. The summed E-state index contributed by atoms with van der Waals surface area (Å²) < 4.78 is 4.80. The number of pyridine rings is 1. The fraction of sp³-hybridized carbons (Fsp3) is 0.0185. The van der Waals surface area contributed by atoms with Gasteiger partial charge in [-0.15, -0.1) is 0 Å². The number of hydrogen-bond acceptors (Lipinski definition) is 1. The minimum Gasteiger partial charge on any atom is -0.309 e. The Morgan fingerprint density at radius 3 is 1.39 bits per heavy atom. The first-order valence-corrected chi connectivity index (χ1v) is 19.5. The van der Waals surface area contributed by atoms with Crippen LogP contribution >= 0.6 is 0 Å². The van der Waals surface area contributed by atoms with Crippen molar-refractivity contribution in [3.05, 3.63) is 212 Å². The van der Waals surface area contributed by atoms with Crippen LogP contribution in [0.4, 0.5) is 0 Å². The molecule has 0 aliphatic rings. The molecule has 0 spiro atoms. The van der Waals surface area contributed by atoms with Crippen molar-refractivity contribution < 1.29 is 0 Å². The van der Waals surface area contributed by atoms with E-state index >= 15 is 0 Å². The first kappa shape index (κ1) is 32.9. The van der Waals surface area contributed by atoms with Gasteiger partial charge >= 0.3 is 0 Å². The zero-order valence-electron chi connectivity index (χ0n) is 31.5. The Labute approximate surface area is 331 Å². The van der Waals surface area contributed by atoms with Crippen molar-refractivity contribution in [2.75, 3.05) is 0 Å². The van der Waals surface area contributed by atoms with E-state index in [1.807, 2.05) is 12.1 Å². The number of aromatic nitrogens is 3. The summed E-state index contributed by atoms with van der Waals surface area (Å²) in [5, 5.41) is 5.00.